The van der Waals surface area contributed by atoms with Crippen molar-refractivity contribution in [3.63, 3.8) is 0 Å². The first-order valence-electron chi connectivity index (χ1n) is 6.62. The third kappa shape index (κ3) is 3.10. The molecule has 2 rings (SSSR count). The molecule has 0 spiro atoms. The number of aromatic nitrogens is 5. The maximum atomic E-state index is 5.81. The van der Waals surface area contributed by atoms with E-state index in [4.69, 9.17) is 10.3 Å². The van der Waals surface area contributed by atoms with Gasteiger partial charge in [-0.15, -0.1) is 5.10 Å². The quantitative estimate of drug-likeness (QED) is 0.854. The van der Waals surface area contributed by atoms with Crippen LogP contribution in [0.25, 0.3) is 0 Å². The Kier molecular flexibility index (Phi) is 4.13. The molecule has 2 N–H and O–H groups in total. The van der Waals surface area contributed by atoms with Gasteiger partial charge in [-0.1, -0.05) is 37.6 Å². The zero-order valence-corrected chi connectivity index (χ0v) is 11.6. The van der Waals surface area contributed by atoms with Gasteiger partial charge in [-0.05, 0) is 12.3 Å². The summed E-state index contributed by atoms with van der Waals surface area (Å²) in [4.78, 5) is 4.35. The van der Waals surface area contributed by atoms with E-state index in [-0.39, 0.29) is 5.92 Å². The van der Waals surface area contributed by atoms with Crippen LogP contribution < -0.4 is 5.73 Å². The first-order valence-corrected chi connectivity index (χ1v) is 6.62. The predicted octanol–water partition coefficient (Wildman–Crippen LogP) is 1.76. The van der Waals surface area contributed by atoms with Crippen molar-refractivity contribution in [1.82, 2.24) is 25.1 Å². The molecule has 0 saturated carbocycles. The van der Waals surface area contributed by atoms with E-state index in [0.29, 0.717) is 18.3 Å². The Morgan fingerprint density at radius 3 is 2.84 bits per heavy atom. The average Bonchev–Trinajstić information content (AvgIpc) is 2.94. The fraction of sp³-hybridized carbons (Fsp3) is 0.667. The molecule has 7 nitrogen and oxygen atoms in total. The number of unbranched alkanes of at least 4 members (excludes halogenated alkanes) is 1. The van der Waals surface area contributed by atoms with Crippen molar-refractivity contribution in [3.8, 4) is 0 Å². The van der Waals surface area contributed by atoms with Gasteiger partial charge in [0.25, 0.3) is 0 Å². The van der Waals surface area contributed by atoms with Gasteiger partial charge in [-0.3, -0.25) is 0 Å². The smallest absolute Gasteiger partial charge is 0.248 e. The van der Waals surface area contributed by atoms with E-state index in [2.05, 4.69) is 27.4 Å². The van der Waals surface area contributed by atoms with Crippen LogP contribution in [0.1, 0.15) is 56.9 Å². The van der Waals surface area contributed by atoms with Gasteiger partial charge < -0.3 is 10.3 Å². The second kappa shape index (κ2) is 5.81. The van der Waals surface area contributed by atoms with Gasteiger partial charge in [0.05, 0.1) is 5.69 Å². The summed E-state index contributed by atoms with van der Waals surface area (Å²) in [5, 5.41) is 11.9. The molecule has 0 unspecified atom stereocenters. The van der Waals surface area contributed by atoms with Gasteiger partial charge in [-0.25, -0.2) is 4.68 Å². The van der Waals surface area contributed by atoms with Gasteiger partial charge in [0.2, 0.25) is 5.89 Å². The lowest BCUT2D eigenvalue weighted by Crippen LogP contribution is -2.09. The molecule has 0 aliphatic rings. The molecule has 104 valence electrons. The lowest BCUT2D eigenvalue weighted by atomic mass is 10.1. The molecule has 0 aliphatic heterocycles. The lowest BCUT2D eigenvalue weighted by molar-refractivity contribution is 0.357. The topological polar surface area (TPSA) is 95.7 Å². The largest absolute Gasteiger partial charge is 0.381 e. The molecule has 2 heterocycles. The van der Waals surface area contributed by atoms with E-state index in [1.54, 1.807) is 4.68 Å². The van der Waals surface area contributed by atoms with Crippen LogP contribution in [0, 0.1) is 0 Å². The average molecular weight is 264 g/mol. The zero-order chi connectivity index (χ0) is 13.8. The van der Waals surface area contributed by atoms with Gasteiger partial charge in [0.15, 0.2) is 11.6 Å². The summed E-state index contributed by atoms with van der Waals surface area (Å²) in [7, 11) is 0. The van der Waals surface area contributed by atoms with Crippen molar-refractivity contribution in [3.05, 3.63) is 17.4 Å². The highest BCUT2D eigenvalue weighted by Gasteiger charge is 2.16. The lowest BCUT2D eigenvalue weighted by Gasteiger charge is -2.06. The number of hydrogen-bond donors (Lipinski definition) is 1. The molecule has 0 saturated heterocycles. The highest BCUT2D eigenvalue weighted by molar-refractivity contribution is 5.35. The molecule has 0 aliphatic carbocycles. The molecule has 0 aromatic carbocycles. The van der Waals surface area contributed by atoms with Crippen molar-refractivity contribution >= 4 is 5.82 Å². The summed E-state index contributed by atoms with van der Waals surface area (Å²) in [5.41, 5.74) is 6.70. The summed E-state index contributed by atoms with van der Waals surface area (Å²) in [6, 6.07) is 0. The molecule has 0 atom stereocenters. The van der Waals surface area contributed by atoms with Crippen molar-refractivity contribution in [2.24, 2.45) is 0 Å². The number of nitrogen functional groups attached to an aromatic ring is 1. The zero-order valence-electron chi connectivity index (χ0n) is 11.6. The Bertz CT molecular complexity index is 530. The van der Waals surface area contributed by atoms with E-state index in [0.717, 1.165) is 30.8 Å². The molecular weight excluding hydrogens is 244 g/mol. The van der Waals surface area contributed by atoms with Crippen LogP contribution in [-0.4, -0.2) is 25.1 Å². The maximum absolute atomic E-state index is 5.81. The van der Waals surface area contributed by atoms with Crippen molar-refractivity contribution < 1.29 is 4.52 Å². The molecular formula is C12H20N6O. The predicted molar refractivity (Wildman–Crippen MR) is 70.5 cm³/mol. The molecule has 2 aromatic rings. The van der Waals surface area contributed by atoms with Gasteiger partial charge in [-0.2, -0.15) is 4.98 Å². The van der Waals surface area contributed by atoms with Crippen LogP contribution in [0.15, 0.2) is 4.52 Å². The summed E-state index contributed by atoms with van der Waals surface area (Å²) >= 11 is 0. The summed E-state index contributed by atoms with van der Waals surface area (Å²) in [5.74, 6) is 1.99. The van der Waals surface area contributed by atoms with Gasteiger partial charge >= 0.3 is 0 Å². The van der Waals surface area contributed by atoms with Crippen LogP contribution in [0.4, 0.5) is 5.82 Å². The van der Waals surface area contributed by atoms with Gasteiger partial charge in [0.1, 0.15) is 6.54 Å². The fourth-order valence-corrected chi connectivity index (χ4v) is 1.96. The molecule has 0 radical (unpaired) electrons. The number of nitrogens with zero attached hydrogens (tertiary/aromatic N) is 5. The van der Waals surface area contributed by atoms with E-state index in [1.165, 1.54) is 0 Å². The van der Waals surface area contributed by atoms with E-state index < -0.39 is 0 Å². The SMILES string of the molecule is CCCCc1noc(Cn2nnc(N)c2C(C)C)n1. The Labute approximate surface area is 112 Å². The number of rotatable bonds is 6. The number of hydrogen-bond acceptors (Lipinski definition) is 6. The van der Waals surface area contributed by atoms with Crippen molar-refractivity contribution in [1.29, 1.82) is 0 Å². The van der Waals surface area contributed by atoms with Gasteiger partial charge in [0, 0.05) is 6.42 Å². The Hall–Kier alpha value is -1.92. The highest BCUT2D eigenvalue weighted by Crippen LogP contribution is 2.19. The van der Waals surface area contributed by atoms with Crippen molar-refractivity contribution in [2.45, 2.75) is 52.5 Å². The first-order chi connectivity index (χ1) is 9.11. The van der Waals surface area contributed by atoms with Crippen LogP contribution in [0.3, 0.4) is 0 Å². The van der Waals surface area contributed by atoms with Crippen LogP contribution in [0.5, 0.6) is 0 Å². The summed E-state index contributed by atoms with van der Waals surface area (Å²) in [6.45, 7) is 6.64. The number of aryl methyl sites for hydroxylation is 1. The molecule has 2 aromatic heterocycles. The molecule has 7 heteroatoms. The molecule has 0 fully saturated rings. The Balaban J connectivity index is 2.11. The third-order valence-corrected chi connectivity index (χ3v) is 2.90. The minimum absolute atomic E-state index is 0.248. The monoisotopic (exact) mass is 264 g/mol. The second-order valence-corrected chi connectivity index (χ2v) is 4.88. The second-order valence-electron chi connectivity index (χ2n) is 4.88. The van der Waals surface area contributed by atoms with Crippen molar-refractivity contribution in [2.75, 3.05) is 5.73 Å². The first kappa shape index (κ1) is 13.5. The minimum Gasteiger partial charge on any atom is -0.381 e. The van der Waals surface area contributed by atoms with E-state index in [9.17, 15) is 0 Å². The Morgan fingerprint density at radius 1 is 1.37 bits per heavy atom. The summed E-state index contributed by atoms with van der Waals surface area (Å²) in [6.07, 6.45) is 3.02. The van der Waals surface area contributed by atoms with Crippen LogP contribution >= 0.6 is 0 Å². The number of anilines is 1. The van der Waals surface area contributed by atoms with Crippen LogP contribution in [0.2, 0.25) is 0 Å². The molecule has 0 amide bonds. The highest BCUT2D eigenvalue weighted by atomic mass is 16.5. The van der Waals surface area contributed by atoms with Crippen LogP contribution in [-0.2, 0) is 13.0 Å². The number of nitrogens with two attached hydrogens (primary N) is 1. The summed E-state index contributed by atoms with van der Waals surface area (Å²) < 4.78 is 6.94. The minimum atomic E-state index is 0.248. The maximum Gasteiger partial charge on any atom is 0.248 e. The fourth-order valence-electron chi connectivity index (χ4n) is 1.96. The molecule has 19 heavy (non-hydrogen) atoms. The van der Waals surface area contributed by atoms with E-state index >= 15 is 0 Å². The standard InChI is InChI=1S/C12H20N6O/c1-4-5-6-9-14-10(19-16-9)7-18-11(8(2)3)12(13)15-17-18/h8H,4-7,13H2,1-3H3. The third-order valence-electron chi connectivity index (χ3n) is 2.90. The normalized spacial score (nSPS) is 11.4. The Morgan fingerprint density at radius 2 is 2.16 bits per heavy atom. The molecule has 0 bridgehead atoms. The van der Waals surface area contributed by atoms with E-state index in [1.807, 2.05) is 13.8 Å².